The lowest BCUT2D eigenvalue weighted by Gasteiger charge is -2.06. The Balaban J connectivity index is 2.48. The second-order valence-corrected chi connectivity index (χ2v) is 4.67. The number of aryl methyl sites for hydroxylation is 2. The number of nitro groups is 1. The van der Waals surface area contributed by atoms with E-state index in [0.717, 1.165) is 4.68 Å². The molecular formula is C15H12N4O3. The first-order valence-electron chi connectivity index (χ1n) is 6.36. The Morgan fingerprint density at radius 1 is 1.36 bits per heavy atom. The lowest BCUT2D eigenvalue weighted by atomic mass is 10.1. The molecule has 1 aromatic carbocycles. The maximum atomic E-state index is 12.2. The molecule has 1 heterocycles. The summed E-state index contributed by atoms with van der Waals surface area (Å²) in [4.78, 5) is 22.4. The molecule has 0 aliphatic heterocycles. The fourth-order valence-corrected chi connectivity index (χ4v) is 2.00. The van der Waals surface area contributed by atoms with E-state index in [1.165, 1.54) is 24.4 Å². The number of hydrogen-bond donors (Lipinski definition) is 0. The number of nitro benzene ring substituents is 1. The highest BCUT2D eigenvalue weighted by Crippen LogP contribution is 2.12. The monoisotopic (exact) mass is 296 g/mol. The molecule has 0 aliphatic rings. The standard InChI is InChI=1S/C15H12N4O3/c1-10-6-11(2)18(15(20)14(10)8-16)17-9-12-4-3-5-13(7-12)19(21)22/h3-7,9H,1-2H3. The van der Waals surface area contributed by atoms with E-state index in [-0.39, 0.29) is 11.3 Å². The molecule has 22 heavy (non-hydrogen) atoms. The van der Waals surface area contributed by atoms with Gasteiger partial charge < -0.3 is 0 Å². The maximum Gasteiger partial charge on any atom is 0.289 e. The molecule has 0 radical (unpaired) electrons. The SMILES string of the molecule is Cc1cc(C)n(N=Cc2cccc([N+](=O)[O-])c2)c(=O)c1C#N. The summed E-state index contributed by atoms with van der Waals surface area (Å²) in [5.74, 6) is 0. The summed E-state index contributed by atoms with van der Waals surface area (Å²) in [7, 11) is 0. The molecule has 0 unspecified atom stereocenters. The zero-order valence-electron chi connectivity index (χ0n) is 12.0. The van der Waals surface area contributed by atoms with Crippen molar-refractivity contribution in [1.82, 2.24) is 4.68 Å². The van der Waals surface area contributed by atoms with Crippen molar-refractivity contribution in [3.8, 4) is 6.07 Å². The van der Waals surface area contributed by atoms with Crippen molar-refractivity contribution in [3.05, 3.63) is 73.2 Å². The quantitative estimate of drug-likeness (QED) is 0.491. The fraction of sp³-hybridized carbons (Fsp3) is 0.133. The van der Waals surface area contributed by atoms with Crippen molar-refractivity contribution in [2.45, 2.75) is 13.8 Å². The van der Waals surface area contributed by atoms with Gasteiger partial charge in [-0.1, -0.05) is 12.1 Å². The Morgan fingerprint density at radius 2 is 2.09 bits per heavy atom. The van der Waals surface area contributed by atoms with Crippen molar-refractivity contribution < 1.29 is 4.92 Å². The van der Waals surface area contributed by atoms with Gasteiger partial charge in [0.2, 0.25) is 0 Å². The minimum absolute atomic E-state index is 0.0294. The number of benzene rings is 1. The average Bonchev–Trinajstić information content (AvgIpc) is 2.47. The van der Waals surface area contributed by atoms with E-state index in [2.05, 4.69) is 5.10 Å². The predicted octanol–water partition coefficient (Wildman–Crippen LogP) is 2.13. The van der Waals surface area contributed by atoms with Crippen molar-refractivity contribution >= 4 is 11.9 Å². The minimum atomic E-state index is -0.512. The van der Waals surface area contributed by atoms with Gasteiger partial charge >= 0.3 is 0 Å². The van der Waals surface area contributed by atoms with Crippen LogP contribution in [-0.4, -0.2) is 15.8 Å². The molecule has 7 heteroatoms. The third kappa shape index (κ3) is 2.91. The number of non-ortho nitro benzene ring substituents is 1. The van der Waals surface area contributed by atoms with Crippen LogP contribution in [0.3, 0.4) is 0 Å². The summed E-state index contributed by atoms with van der Waals surface area (Å²) < 4.78 is 1.10. The molecule has 0 amide bonds. The van der Waals surface area contributed by atoms with Gasteiger partial charge in [-0.3, -0.25) is 14.9 Å². The Kier molecular flexibility index (Phi) is 4.13. The third-order valence-corrected chi connectivity index (χ3v) is 3.08. The highest BCUT2D eigenvalue weighted by atomic mass is 16.6. The number of rotatable bonds is 3. The lowest BCUT2D eigenvalue weighted by molar-refractivity contribution is -0.384. The summed E-state index contributed by atoms with van der Waals surface area (Å²) in [5, 5.41) is 23.8. The van der Waals surface area contributed by atoms with Gasteiger partial charge in [0, 0.05) is 23.4 Å². The number of aromatic nitrogens is 1. The summed E-state index contributed by atoms with van der Waals surface area (Å²) in [6.07, 6.45) is 1.35. The van der Waals surface area contributed by atoms with Gasteiger partial charge in [0.1, 0.15) is 11.6 Å². The Morgan fingerprint density at radius 3 is 2.73 bits per heavy atom. The zero-order chi connectivity index (χ0) is 16.3. The van der Waals surface area contributed by atoms with E-state index >= 15 is 0 Å². The molecule has 0 saturated heterocycles. The first kappa shape index (κ1) is 15.1. The zero-order valence-corrected chi connectivity index (χ0v) is 12.0. The van der Waals surface area contributed by atoms with Crippen molar-refractivity contribution in [3.63, 3.8) is 0 Å². The molecule has 2 rings (SSSR count). The van der Waals surface area contributed by atoms with Crippen LogP contribution in [0.5, 0.6) is 0 Å². The lowest BCUT2D eigenvalue weighted by Crippen LogP contribution is -2.22. The molecule has 0 spiro atoms. The van der Waals surface area contributed by atoms with E-state index in [4.69, 9.17) is 5.26 Å². The number of pyridine rings is 1. The van der Waals surface area contributed by atoms with Gasteiger partial charge in [0.25, 0.3) is 11.2 Å². The van der Waals surface area contributed by atoms with Crippen LogP contribution in [0.2, 0.25) is 0 Å². The summed E-state index contributed by atoms with van der Waals surface area (Å²) in [5.41, 5.74) is 1.10. The molecule has 0 saturated carbocycles. The Labute approximate surface area is 125 Å². The molecule has 1 aromatic heterocycles. The van der Waals surface area contributed by atoms with Crippen LogP contribution >= 0.6 is 0 Å². The van der Waals surface area contributed by atoms with Crippen molar-refractivity contribution in [1.29, 1.82) is 5.26 Å². The number of nitriles is 1. The molecule has 0 N–H and O–H groups in total. The van der Waals surface area contributed by atoms with Gasteiger partial charge in [0.05, 0.1) is 11.1 Å². The highest BCUT2D eigenvalue weighted by molar-refractivity contribution is 5.80. The number of hydrogen-bond acceptors (Lipinski definition) is 5. The molecule has 0 fully saturated rings. The smallest absolute Gasteiger partial charge is 0.266 e. The van der Waals surface area contributed by atoms with E-state index in [9.17, 15) is 14.9 Å². The largest absolute Gasteiger partial charge is 0.289 e. The molecule has 0 bridgehead atoms. The van der Waals surface area contributed by atoms with E-state index in [1.807, 2.05) is 6.07 Å². The Hall–Kier alpha value is -3.27. The molecule has 2 aromatic rings. The van der Waals surface area contributed by atoms with E-state index in [1.54, 1.807) is 26.0 Å². The van der Waals surface area contributed by atoms with E-state index < -0.39 is 10.5 Å². The van der Waals surface area contributed by atoms with Crippen LogP contribution < -0.4 is 5.56 Å². The normalized spacial score (nSPS) is 10.6. The predicted molar refractivity (Wildman–Crippen MR) is 81.0 cm³/mol. The summed E-state index contributed by atoms with van der Waals surface area (Å²) in [6.45, 7) is 3.38. The fourth-order valence-electron chi connectivity index (χ4n) is 2.00. The third-order valence-electron chi connectivity index (χ3n) is 3.08. The Bertz CT molecular complexity index is 875. The van der Waals surface area contributed by atoms with Crippen LogP contribution in [0.1, 0.15) is 22.4 Å². The van der Waals surface area contributed by atoms with Crippen LogP contribution in [-0.2, 0) is 0 Å². The van der Waals surface area contributed by atoms with Gasteiger partial charge in [0.15, 0.2) is 0 Å². The van der Waals surface area contributed by atoms with Crippen LogP contribution in [0, 0.1) is 35.3 Å². The second-order valence-electron chi connectivity index (χ2n) is 4.67. The first-order chi connectivity index (χ1) is 10.4. The van der Waals surface area contributed by atoms with Gasteiger partial charge in [-0.05, 0) is 25.5 Å². The molecule has 110 valence electrons. The minimum Gasteiger partial charge on any atom is -0.266 e. The van der Waals surface area contributed by atoms with Gasteiger partial charge in [-0.25, -0.2) is 4.68 Å². The number of nitrogens with zero attached hydrogens (tertiary/aromatic N) is 4. The highest BCUT2D eigenvalue weighted by Gasteiger charge is 2.09. The summed E-state index contributed by atoms with van der Waals surface area (Å²) >= 11 is 0. The molecule has 0 aliphatic carbocycles. The topological polar surface area (TPSA) is 101 Å². The molecular weight excluding hydrogens is 284 g/mol. The van der Waals surface area contributed by atoms with Gasteiger partial charge in [-0.2, -0.15) is 10.4 Å². The molecule has 0 atom stereocenters. The van der Waals surface area contributed by atoms with Crippen LogP contribution in [0.25, 0.3) is 0 Å². The summed E-state index contributed by atoms with van der Waals surface area (Å²) in [6, 6.07) is 9.43. The maximum absolute atomic E-state index is 12.2. The van der Waals surface area contributed by atoms with Crippen molar-refractivity contribution in [2.24, 2.45) is 5.10 Å². The second kappa shape index (κ2) is 6.01. The molecule has 7 nitrogen and oxygen atoms in total. The average molecular weight is 296 g/mol. The van der Waals surface area contributed by atoms with Crippen LogP contribution in [0.4, 0.5) is 5.69 Å². The van der Waals surface area contributed by atoms with E-state index in [0.29, 0.717) is 16.8 Å². The van der Waals surface area contributed by atoms with Crippen LogP contribution in [0.15, 0.2) is 40.2 Å². The first-order valence-corrected chi connectivity index (χ1v) is 6.36. The van der Waals surface area contributed by atoms with Gasteiger partial charge in [-0.15, -0.1) is 0 Å². The van der Waals surface area contributed by atoms with Crippen molar-refractivity contribution in [2.75, 3.05) is 0 Å².